The summed E-state index contributed by atoms with van der Waals surface area (Å²) in [6.45, 7) is 4.13. The number of aromatic nitrogens is 2. The van der Waals surface area contributed by atoms with Crippen molar-refractivity contribution in [2.24, 2.45) is 0 Å². The fraction of sp³-hybridized carbons (Fsp3) is 0.185. The van der Waals surface area contributed by atoms with Crippen molar-refractivity contribution < 1.29 is 9.84 Å². The van der Waals surface area contributed by atoms with Gasteiger partial charge in [-0.3, -0.25) is 4.98 Å². The summed E-state index contributed by atoms with van der Waals surface area (Å²) < 4.78 is 7.45. The second-order valence-electron chi connectivity index (χ2n) is 8.35. The average Bonchev–Trinajstić information content (AvgIpc) is 3.35. The number of rotatable bonds is 5. The molecule has 2 aromatic heterocycles. The second kappa shape index (κ2) is 8.83. The van der Waals surface area contributed by atoms with E-state index in [2.05, 4.69) is 39.7 Å². The van der Waals surface area contributed by atoms with Crippen LogP contribution in [0.1, 0.15) is 34.7 Å². The summed E-state index contributed by atoms with van der Waals surface area (Å²) in [6.07, 6.45) is 1.80. The van der Waals surface area contributed by atoms with E-state index in [1.807, 2.05) is 60.7 Å². The van der Waals surface area contributed by atoms with Gasteiger partial charge in [-0.05, 0) is 86.2 Å². The summed E-state index contributed by atoms with van der Waals surface area (Å²) in [5.74, 6) is 1.03. The zero-order chi connectivity index (χ0) is 23.8. The van der Waals surface area contributed by atoms with Crippen molar-refractivity contribution in [1.29, 1.82) is 0 Å². The van der Waals surface area contributed by atoms with Crippen LogP contribution in [0.3, 0.4) is 0 Å². The van der Waals surface area contributed by atoms with Gasteiger partial charge in [0.25, 0.3) is 0 Å². The molecule has 0 saturated carbocycles. The van der Waals surface area contributed by atoms with Crippen LogP contribution < -0.4 is 15.0 Å². The maximum Gasteiger partial charge on any atom is 0.174 e. The molecule has 0 unspecified atom stereocenters. The van der Waals surface area contributed by atoms with Crippen LogP contribution in [-0.2, 0) is 0 Å². The number of phenolic OH excluding ortho intramolecular Hbond substituents is 1. The van der Waals surface area contributed by atoms with Crippen LogP contribution in [0.2, 0.25) is 0 Å². The standard InChI is InChI=1S/C27H26N4O2S/c1-17-16-21(18(2)30(17)23-9-4-5-10-24(23)32)26-25(22-8-6-7-15-28-22)29-27(34)31(26)19-11-13-20(33-3)14-12-19/h4-16,25-26,32H,1-3H3,(H,29,34)/t25-,26-/m1/s1. The van der Waals surface area contributed by atoms with Gasteiger partial charge in [0, 0.05) is 23.3 Å². The molecule has 1 saturated heterocycles. The van der Waals surface area contributed by atoms with E-state index in [0.29, 0.717) is 5.11 Å². The first kappa shape index (κ1) is 22.0. The van der Waals surface area contributed by atoms with Crippen LogP contribution >= 0.6 is 12.2 Å². The van der Waals surface area contributed by atoms with E-state index in [1.165, 1.54) is 0 Å². The first-order valence-electron chi connectivity index (χ1n) is 11.1. The lowest BCUT2D eigenvalue weighted by Gasteiger charge is -2.28. The van der Waals surface area contributed by atoms with E-state index in [4.69, 9.17) is 17.0 Å². The van der Waals surface area contributed by atoms with Crippen molar-refractivity contribution in [2.75, 3.05) is 12.0 Å². The predicted molar refractivity (Wildman–Crippen MR) is 138 cm³/mol. The average molecular weight is 471 g/mol. The molecule has 6 nitrogen and oxygen atoms in total. The van der Waals surface area contributed by atoms with Gasteiger partial charge in [0.05, 0.1) is 30.6 Å². The number of para-hydroxylation sites is 2. The first-order valence-corrected chi connectivity index (χ1v) is 11.5. The summed E-state index contributed by atoms with van der Waals surface area (Å²) in [5, 5.41) is 14.7. The second-order valence-corrected chi connectivity index (χ2v) is 8.73. The third-order valence-electron chi connectivity index (χ3n) is 6.36. The highest BCUT2D eigenvalue weighted by Crippen LogP contribution is 2.44. The summed E-state index contributed by atoms with van der Waals surface area (Å²) in [5.41, 5.74) is 5.81. The molecule has 2 N–H and O–H groups in total. The number of nitrogens with zero attached hydrogens (tertiary/aromatic N) is 3. The topological polar surface area (TPSA) is 62.5 Å². The highest BCUT2D eigenvalue weighted by molar-refractivity contribution is 7.80. The van der Waals surface area contributed by atoms with Gasteiger partial charge in [-0.2, -0.15) is 0 Å². The molecule has 5 rings (SSSR count). The minimum Gasteiger partial charge on any atom is -0.506 e. The molecule has 2 atom stereocenters. The summed E-state index contributed by atoms with van der Waals surface area (Å²) in [4.78, 5) is 6.79. The molecule has 7 heteroatoms. The summed E-state index contributed by atoms with van der Waals surface area (Å²) in [7, 11) is 1.66. The molecule has 1 aliphatic rings. The maximum absolute atomic E-state index is 10.6. The molecule has 172 valence electrons. The Kier molecular flexibility index (Phi) is 5.71. The van der Waals surface area contributed by atoms with E-state index in [-0.39, 0.29) is 17.8 Å². The fourth-order valence-electron chi connectivity index (χ4n) is 4.80. The van der Waals surface area contributed by atoms with Crippen molar-refractivity contribution >= 4 is 23.0 Å². The van der Waals surface area contributed by atoms with E-state index in [0.717, 1.165) is 39.8 Å². The Bertz CT molecular complexity index is 1330. The maximum atomic E-state index is 10.6. The minimum absolute atomic E-state index is 0.137. The van der Waals surface area contributed by atoms with Crippen LogP contribution in [-0.4, -0.2) is 26.9 Å². The molecule has 1 aliphatic heterocycles. The van der Waals surface area contributed by atoms with Crippen LogP contribution in [0.25, 0.3) is 5.69 Å². The predicted octanol–water partition coefficient (Wildman–Crippen LogP) is 5.38. The largest absolute Gasteiger partial charge is 0.506 e. The molecule has 0 amide bonds. The molecule has 0 spiro atoms. The lowest BCUT2D eigenvalue weighted by atomic mass is 9.96. The van der Waals surface area contributed by atoms with Gasteiger partial charge < -0.3 is 24.6 Å². The van der Waals surface area contributed by atoms with Crippen LogP contribution in [0.15, 0.2) is 79.0 Å². The van der Waals surface area contributed by atoms with E-state index >= 15 is 0 Å². The Morgan fingerprint density at radius 3 is 2.41 bits per heavy atom. The smallest absolute Gasteiger partial charge is 0.174 e. The van der Waals surface area contributed by atoms with Crippen molar-refractivity contribution in [1.82, 2.24) is 14.9 Å². The fourth-order valence-corrected chi connectivity index (χ4v) is 5.15. The van der Waals surface area contributed by atoms with Crippen molar-refractivity contribution in [3.63, 3.8) is 0 Å². The molecular formula is C27H26N4O2S. The number of pyridine rings is 1. The Morgan fingerprint density at radius 1 is 1.00 bits per heavy atom. The third-order valence-corrected chi connectivity index (χ3v) is 6.67. The van der Waals surface area contributed by atoms with Crippen LogP contribution in [0.5, 0.6) is 11.5 Å². The Balaban J connectivity index is 1.68. The van der Waals surface area contributed by atoms with Gasteiger partial charge in [-0.25, -0.2) is 0 Å². The third kappa shape index (κ3) is 3.68. The number of ether oxygens (including phenoxy) is 1. The summed E-state index contributed by atoms with van der Waals surface area (Å²) in [6, 6.07) is 23.1. The number of aromatic hydroxyl groups is 1. The highest BCUT2D eigenvalue weighted by atomic mass is 32.1. The van der Waals surface area contributed by atoms with Crippen molar-refractivity contribution in [2.45, 2.75) is 25.9 Å². The van der Waals surface area contributed by atoms with Gasteiger partial charge in [0.2, 0.25) is 0 Å². The summed E-state index contributed by atoms with van der Waals surface area (Å²) >= 11 is 5.84. The Morgan fingerprint density at radius 2 is 1.74 bits per heavy atom. The molecule has 34 heavy (non-hydrogen) atoms. The molecule has 1 fully saturated rings. The van der Waals surface area contributed by atoms with Gasteiger partial charge in [0.15, 0.2) is 5.11 Å². The zero-order valence-electron chi connectivity index (χ0n) is 19.3. The van der Waals surface area contributed by atoms with Crippen LogP contribution in [0.4, 0.5) is 5.69 Å². The first-order chi connectivity index (χ1) is 16.5. The number of thiocarbonyl (C=S) groups is 1. The Hall–Kier alpha value is -3.84. The van der Waals surface area contributed by atoms with Gasteiger partial charge in [-0.15, -0.1) is 0 Å². The number of methoxy groups -OCH3 is 1. The zero-order valence-corrected chi connectivity index (χ0v) is 20.1. The van der Waals surface area contributed by atoms with E-state index in [9.17, 15) is 5.11 Å². The number of nitrogens with one attached hydrogen (secondary N) is 1. The molecular weight excluding hydrogens is 444 g/mol. The van der Waals surface area contributed by atoms with Gasteiger partial charge in [0.1, 0.15) is 11.5 Å². The van der Waals surface area contributed by atoms with E-state index in [1.54, 1.807) is 19.4 Å². The molecule has 4 aromatic rings. The van der Waals surface area contributed by atoms with Crippen LogP contribution in [0, 0.1) is 13.8 Å². The SMILES string of the molecule is COc1ccc(N2C(=S)N[C@H](c3ccccn3)[C@H]2c2cc(C)n(-c3ccccc3O)c2C)cc1. The minimum atomic E-state index is -0.144. The molecule has 0 aliphatic carbocycles. The number of aryl methyl sites for hydroxylation is 1. The van der Waals surface area contributed by atoms with Crippen molar-refractivity contribution in [3.8, 4) is 17.2 Å². The number of hydrogen-bond donors (Lipinski definition) is 2. The molecule has 3 heterocycles. The lowest BCUT2D eigenvalue weighted by molar-refractivity contribution is 0.415. The Labute approximate surface area is 204 Å². The molecule has 0 bridgehead atoms. The van der Waals surface area contributed by atoms with Gasteiger partial charge in [-0.1, -0.05) is 18.2 Å². The number of benzene rings is 2. The normalized spacial score (nSPS) is 17.6. The lowest BCUT2D eigenvalue weighted by Crippen LogP contribution is -2.29. The monoisotopic (exact) mass is 470 g/mol. The van der Waals surface area contributed by atoms with Gasteiger partial charge >= 0.3 is 0 Å². The molecule has 2 aromatic carbocycles. The number of anilines is 1. The van der Waals surface area contributed by atoms with Crippen molar-refractivity contribution in [3.05, 3.63) is 102 Å². The quantitative estimate of drug-likeness (QED) is 0.382. The number of phenols is 1. The number of hydrogen-bond acceptors (Lipinski definition) is 4. The molecule has 0 radical (unpaired) electrons. The highest BCUT2D eigenvalue weighted by Gasteiger charge is 2.42. The van der Waals surface area contributed by atoms with E-state index < -0.39 is 0 Å².